The van der Waals surface area contributed by atoms with Gasteiger partial charge in [0.2, 0.25) is 5.82 Å². The van der Waals surface area contributed by atoms with E-state index < -0.39 is 20.1 Å². The van der Waals surface area contributed by atoms with E-state index in [-0.39, 0.29) is 5.82 Å². The van der Waals surface area contributed by atoms with E-state index in [1.54, 1.807) is 48.5 Å². The minimum absolute atomic E-state index is 0.0725. The first-order valence-corrected chi connectivity index (χ1v) is 9.46. The first-order valence-electron chi connectivity index (χ1n) is 8.33. The number of nitro groups is 1. The molecule has 0 aliphatic rings. The van der Waals surface area contributed by atoms with Crippen LogP contribution in [0.5, 0.6) is 5.75 Å². The number of aromatic nitrogens is 3. The summed E-state index contributed by atoms with van der Waals surface area (Å²) in [7, 11) is 0. The monoisotopic (exact) mass is 453 g/mol. The quantitative estimate of drug-likeness (QED) is 0.298. The number of benzene rings is 2. The predicted octanol–water partition coefficient (Wildman–Crippen LogP) is 5.23. The Labute approximate surface area is 180 Å². The van der Waals surface area contributed by atoms with Crippen molar-refractivity contribution in [2.75, 3.05) is 11.9 Å². The number of halogens is 3. The Bertz CT molecular complexity index is 1110. The fourth-order valence-corrected chi connectivity index (χ4v) is 2.88. The van der Waals surface area contributed by atoms with Crippen LogP contribution in [0, 0.1) is 10.1 Å². The summed E-state index contributed by atoms with van der Waals surface area (Å²) in [6.45, 7) is 2.39. The SMILES string of the molecule is CCOc1ccc(N/C(=C(/C(Cl)=C(Cl)Cl)[N+](=O)[O-])n2nnc3ccccc32)cc1. The van der Waals surface area contributed by atoms with E-state index in [4.69, 9.17) is 39.5 Å². The van der Waals surface area contributed by atoms with E-state index in [1.165, 1.54) is 4.68 Å². The van der Waals surface area contributed by atoms with Gasteiger partial charge in [0, 0.05) is 5.69 Å². The molecule has 0 aliphatic heterocycles. The smallest absolute Gasteiger partial charge is 0.332 e. The number of hydrogen-bond donors (Lipinski definition) is 1. The summed E-state index contributed by atoms with van der Waals surface area (Å²) < 4.78 is 6.23. The van der Waals surface area contributed by atoms with E-state index in [9.17, 15) is 10.1 Å². The number of nitrogens with one attached hydrogen (secondary N) is 1. The zero-order valence-electron chi connectivity index (χ0n) is 15.0. The molecule has 8 nitrogen and oxygen atoms in total. The summed E-state index contributed by atoms with van der Waals surface area (Å²) in [5.41, 5.74) is 1.03. The Morgan fingerprint density at radius 1 is 1.17 bits per heavy atom. The van der Waals surface area contributed by atoms with Gasteiger partial charge < -0.3 is 10.1 Å². The lowest BCUT2D eigenvalue weighted by Crippen LogP contribution is -2.16. The summed E-state index contributed by atoms with van der Waals surface area (Å²) in [6.07, 6.45) is 0. The Morgan fingerprint density at radius 2 is 1.86 bits per heavy atom. The van der Waals surface area contributed by atoms with Gasteiger partial charge in [-0.15, -0.1) is 5.10 Å². The molecule has 11 heteroatoms. The van der Waals surface area contributed by atoms with Gasteiger partial charge in [0.25, 0.3) is 0 Å². The maximum atomic E-state index is 11.8. The number of fused-ring (bicyclic) bond motifs is 1. The molecule has 0 saturated heterocycles. The van der Waals surface area contributed by atoms with Crippen molar-refractivity contribution in [2.24, 2.45) is 0 Å². The molecule has 3 rings (SSSR count). The standard InChI is InChI=1S/C18H14Cl3N5O3/c1-2-29-12-9-7-11(8-10-12)22-18(16(26(27)28)15(19)17(20)21)25-14-6-4-3-5-13(14)23-24-25/h3-10,22H,2H2,1H3/b18-16+. The molecule has 1 N–H and O–H groups in total. The lowest BCUT2D eigenvalue weighted by molar-refractivity contribution is -0.419. The van der Waals surface area contributed by atoms with Crippen LogP contribution in [-0.2, 0) is 0 Å². The molecule has 0 radical (unpaired) electrons. The van der Waals surface area contributed by atoms with Gasteiger partial charge in [-0.25, -0.2) is 0 Å². The molecule has 0 aliphatic carbocycles. The molecule has 2 aromatic carbocycles. The molecule has 0 spiro atoms. The van der Waals surface area contributed by atoms with Gasteiger partial charge in [0.05, 0.1) is 17.0 Å². The average Bonchev–Trinajstić information content (AvgIpc) is 3.12. The Balaban J connectivity index is 2.20. The van der Waals surface area contributed by atoms with Crippen LogP contribution in [0.25, 0.3) is 16.9 Å². The molecule has 29 heavy (non-hydrogen) atoms. The molecule has 1 aromatic heterocycles. The Kier molecular flexibility index (Phi) is 6.58. The van der Waals surface area contributed by atoms with Crippen molar-refractivity contribution in [1.29, 1.82) is 0 Å². The number of rotatable bonds is 7. The van der Waals surface area contributed by atoms with Crippen LogP contribution in [0.4, 0.5) is 5.69 Å². The highest BCUT2D eigenvalue weighted by Crippen LogP contribution is 2.31. The minimum Gasteiger partial charge on any atom is -0.494 e. The molecule has 1 heterocycles. The van der Waals surface area contributed by atoms with Gasteiger partial charge in [-0.05, 0) is 43.3 Å². The largest absolute Gasteiger partial charge is 0.494 e. The summed E-state index contributed by atoms with van der Waals surface area (Å²) in [6, 6.07) is 13.8. The normalized spacial score (nSPS) is 11.7. The van der Waals surface area contributed by atoms with Crippen LogP contribution in [0.1, 0.15) is 6.92 Å². The fourth-order valence-electron chi connectivity index (χ4n) is 2.54. The van der Waals surface area contributed by atoms with Crippen molar-refractivity contribution in [3.05, 3.63) is 73.9 Å². The van der Waals surface area contributed by atoms with Gasteiger partial charge in [-0.2, -0.15) is 4.68 Å². The second-order valence-electron chi connectivity index (χ2n) is 5.60. The van der Waals surface area contributed by atoms with Crippen molar-refractivity contribution in [2.45, 2.75) is 6.92 Å². The highest BCUT2D eigenvalue weighted by atomic mass is 35.5. The van der Waals surface area contributed by atoms with Gasteiger partial charge in [-0.3, -0.25) is 10.1 Å². The van der Waals surface area contributed by atoms with Crippen molar-refractivity contribution >= 4 is 57.3 Å². The van der Waals surface area contributed by atoms with Crippen molar-refractivity contribution in [3.63, 3.8) is 0 Å². The van der Waals surface area contributed by atoms with E-state index >= 15 is 0 Å². The maximum absolute atomic E-state index is 11.8. The number of para-hydroxylation sites is 1. The molecule has 0 amide bonds. The van der Waals surface area contributed by atoms with Gasteiger partial charge in [0.15, 0.2) is 5.03 Å². The molecule has 0 saturated carbocycles. The molecule has 3 aromatic rings. The zero-order valence-corrected chi connectivity index (χ0v) is 17.2. The van der Waals surface area contributed by atoms with E-state index in [2.05, 4.69) is 15.6 Å². The van der Waals surface area contributed by atoms with Crippen LogP contribution >= 0.6 is 34.8 Å². The number of hydrogen-bond acceptors (Lipinski definition) is 6. The third kappa shape index (κ3) is 4.61. The van der Waals surface area contributed by atoms with E-state index in [0.717, 1.165) is 0 Å². The van der Waals surface area contributed by atoms with E-state index in [0.29, 0.717) is 29.1 Å². The van der Waals surface area contributed by atoms with Crippen LogP contribution < -0.4 is 10.1 Å². The topological polar surface area (TPSA) is 95.1 Å². The summed E-state index contributed by atoms with van der Waals surface area (Å²) in [5, 5.41) is 22.4. The van der Waals surface area contributed by atoms with Gasteiger partial charge in [0.1, 0.15) is 15.8 Å². The third-order valence-electron chi connectivity index (χ3n) is 3.77. The van der Waals surface area contributed by atoms with Crippen molar-refractivity contribution in [3.8, 4) is 5.75 Å². The van der Waals surface area contributed by atoms with Gasteiger partial charge >= 0.3 is 5.70 Å². The maximum Gasteiger partial charge on any atom is 0.332 e. The molecule has 150 valence electrons. The zero-order chi connectivity index (χ0) is 21.0. The highest BCUT2D eigenvalue weighted by molar-refractivity contribution is 6.59. The number of nitrogens with zero attached hydrogens (tertiary/aromatic N) is 4. The molecular formula is C18H14Cl3N5O3. The number of ether oxygens (including phenoxy) is 1. The highest BCUT2D eigenvalue weighted by Gasteiger charge is 2.28. The van der Waals surface area contributed by atoms with Crippen molar-refractivity contribution < 1.29 is 9.66 Å². The van der Waals surface area contributed by atoms with Crippen LogP contribution in [0.2, 0.25) is 0 Å². The van der Waals surface area contributed by atoms with Crippen LogP contribution in [0.3, 0.4) is 0 Å². The number of allylic oxidation sites excluding steroid dienone is 1. The van der Waals surface area contributed by atoms with Crippen molar-refractivity contribution in [1.82, 2.24) is 15.0 Å². The molecule has 0 bridgehead atoms. The fraction of sp³-hybridized carbons (Fsp3) is 0.111. The second-order valence-corrected chi connectivity index (χ2v) is 6.93. The first kappa shape index (κ1) is 20.9. The average molecular weight is 455 g/mol. The summed E-state index contributed by atoms with van der Waals surface area (Å²) in [5.74, 6) is 0.586. The lowest BCUT2D eigenvalue weighted by Gasteiger charge is -2.13. The second kappa shape index (κ2) is 9.13. The molecular weight excluding hydrogens is 441 g/mol. The molecule has 0 fully saturated rings. The molecule has 0 atom stereocenters. The lowest BCUT2D eigenvalue weighted by atomic mass is 10.3. The predicted molar refractivity (Wildman–Crippen MR) is 114 cm³/mol. The summed E-state index contributed by atoms with van der Waals surface area (Å²) >= 11 is 17.5. The molecule has 0 unspecified atom stereocenters. The third-order valence-corrected chi connectivity index (χ3v) is 4.71. The first-order chi connectivity index (χ1) is 13.9. The van der Waals surface area contributed by atoms with Crippen LogP contribution in [0.15, 0.2) is 63.8 Å². The minimum atomic E-state index is -0.694. The van der Waals surface area contributed by atoms with Gasteiger partial charge in [-0.1, -0.05) is 52.1 Å². The Morgan fingerprint density at radius 3 is 2.48 bits per heavy atom. The van der Waals surface area contributed by atoms with E-state index in [1.807, 2.05) is 6.92 Å². The van der Waals surface area contributed by atoms with Crippen LogP contribution in [-0.4, -0.2) is 26.5 Å². The summed E-state index contributed by atoms with van der Waals surface area (Å²) in [4.78, 5) is 11.1. The number of anilines is 1. The Hall–Kier alpha value is -2.81.